The van der Waals surface area contributed by atoms with Crippen molar-refractivity contribution in [3.8, 4) is 22.4 Å². The van der Waals surface area contributed by atoms with Crippen LogP contribution in [0.15, 0.2) is 66.9 Å². The first-order chi connectivity index (χ1) is 10.6. The van der Waals surface area contributed by atoms with E-state index < -0.39 is 5.97 Å². The third-order valence-electron chi connectivity index (χ3n) is 3.57. The summed E-state index contributed by atoms with van der Waals surface area (Å²) >= 11 is 0. The molecule has 0 aliphatic heterocycles. The van der Waals surface area contributed by atoms with Crippen molar-refractivity contribution in [2.75, 3.05) is 0 Å². The van der Waals surface area contributed by atoms with Crippen molar-refractivity contribution in [1.29, 1.82) is 0 Å². The van der Waals surface area contributed by atoms with Gasteiger partial charge in [-0.2, -0.15) is 0 Å². The summed E-state index contributed by atoms with van der Waals surface area (Å²) in [6.45, 7) is 2.06. The van der Waals surface area contributed by atoms with Gasteiger partial charge < -0.3 is 5.11 Å². The first-order valence-corrected chi connectivity index (χ1v) is 7.00. The fourth-order valence-corrected chi connectivity index (χ4v) is 2.30. The first-order valence-electron chi connectivity index (χ1n) is 7.00. The van der Waals surface area contributed by atoms with Crippen molar-refractivity contribution in [3.05, 3.63) is 78.0 Å². The Morgan fingerprint density at radius 1 is 0.864 bits per heavy atom. The second kappa shape index (κ2) is 5.82. The van der Waals surface area contributed by atoms with Crippen LogP contribution in [0.2, 0.25) is 0 Å². The molecule has 0 fully saturated rings. The fourth-order valence-electron chi connectivity index (χ4n) is 2.30. The number of aromatic carboxylic acids is 1. The van der Waals surface area contributed by atoms with Gasteiger partial charge >= 0.3 is 5.97 Å². The molecule has 0 unspecified atom stereocenters. The highest BCUT2D eigenvalue weighted by Crippen LogP contribution is 2.25. The van der Waals surface area contributed by atoms with E-state index in [-0.39, 0.29) is 5.56 Å². The van der Waals surface area contributed by atoms with Crippen molar-refractivity contribution in [2.45, 2.75) is 6.92 Å². The molecule has 1 aromatic heterocycles. The van der Waals surface area contributed by atoms with Crippen LogP contribution < -0.4 is 0 Å². The van der Waals surface area contributed by atoms with E-state index in [1.807, 2.05) is 12.1 Å². The monoisotopic (exact) mass is 289 g/mol. The Kier molecular flexibility index (Phi) is 3.71. The maximum absolute atomic E-state index is 10.9. The van der Waals surface area contributed by atoms with E-state index in [1.54, 1.807) is 30.5 Å². The molecule has 0 aliphatic rings. The number of pyridine rings is 1. The highest BCUT2D eigenvalue weighted by molar-refractivity contribution is 5.88. The van der Waals surface area contributed by atoms with E-state index in [0.717, 1.165) is 22.4 Å². The molecule has 0 aliphatic carbocycles. The second-order valence-corrected chi connectivity index (χ2v) is 5.18. The molecule has 3 nitrogen and oxygen atoms in total. The molecule has 3 rings (SSSR count). The number of aryl methyl sites for hydroxylation is 1. The standard InChI is InChI=1S/C19H15NO2/c1-13-2-4-14(5-3-13)17-10-11-20-18(12-17)15-6-8-16(9-7-15)19(21)22/h2-12H,1H3,(H,21,22). The van der Waals surface area contributed by atoms with Crippen LogP contribution >= 0.6 is 0 Å². The lowest BCUT2D eigenvalue weighted by Crippen LogP contribution is -1.95. The van der Waals surface area contributed by atoms with Crippen LogP contribution in [0.5, 0.6) is 0 Å². The summed E-state index contributed by atoms with van der Waals surface area (Å²) in [6.07, 6.45) is 1.77. The van der Waals surface area contributed by atoms with Gasteiger partial charge in [-0.15, -0.1) is 0 Å². The number of carboxylic acids is 1. The summed E-state index contributed by atoms with van der Waals surface area (Å²) in [4.78, 5) is 15.3. The fraction of sp³-hybridized carbons (Fsp3) is 0.0526. The van der Waals surface area contributed by atoms with Gasteiger partial charge in [0.1, 0.15) is 0 Å². The molecule has 2 aromatic carbocycles. The highest BCUT2D eigenvalue weighted by Gasteiger charge is 2.05. The number of carbonyl (C=O) groups is 1. The van der Waals surface area contributed by atoms with Crippen LogP contribution in [-0.2, 0) is 0 Å². The van der Waals surface area contributed by atoms with Gasteiger partial charge in [0.25, 0.3) is 0 Å². The molecule has 3 aromatic rings. The maximum atomic E-state index is 10.9. The minimum absolute atomic E-state index is 0.276. The van der Waals surface area contributed by atoms with Crippen LogP contribution in [-0.4, -0.2) is 16.1 Å². The first kappa shape index (κ1) is 14.0. The number of nitrogens with zero attached hydrogens (tertiary/aromatic N) is 1. The summed E-state index contributed by atoms with van der Waals surface area (Å²) in [5.74, 6) is -0.923. The van der Waals surface area contributed by atoms with Gasteiger partial charge in [0.05, 0.1) is 11.3 Å². The Balaban J connectivity index is 1.97. The summed E-state index contributed by atoms with van der Waals surface area (Å²) in [6, 6.07) is 19.1. The quantitative estimate of drug-likeness (QED) is 0.776. The van der Waals surface area contributed by atoms with Gasteiger partial charge in [0.2, 0.25) is 0 Å². The lowest BCUT2D eigenvalue weighted by Gasteiger charge is -2.06. The van der Waals surface area contributed by atoms with Crippen LogP contribution in [0.25, 0.3) is 22.4 Å². The highest BCUT2D eigenvalue weighted by atomic mass is 16.4. The number of hydrogen-bond donors (Lipinski definition) is 1. The van der Waals surface area contributed by atoms with Crippen molar-refractivity contribution < 1.29 is 9.90 Å². The molecule has 0 saturated heterocycles. The normalized spacial score (nSPS) is 10.4. The molecular formula is C19H15NO2. The number of aromatic nitrogens is 1. The minimum atomic E-state index is -0.923. The molecule has 22 heavy (non-hydrogen) atoms. The molecule has 1 N–H and O–H groups in total. The van der Waals surface area contributed by atoms with E-state index in [2.05, 4.69) is 36.2 Å². The Labute approximate surface area is 128 Å². The molecule has 0 atom stereocenters. The molecule has 0 bridgehead atoms. The zero-order chi connectivity index (χ0) is 15.5. The Morgan fingerprint density at radius 2 is 1.50 bits per heavy atom. The van der Waals surface area contributed by atoms with E-state index >= 15 is 0 Å². The molecule has 3 heteroatoms. The molecule has 108 valence electrons. The van der Waals surface area contributed by atoms with Crippen molar-refractivity contribution in [1.82, 2.24) is 4.98 Å². The van der Waals surface area contributed by atoms with E-state index in [9.17, 15) is 4.79 Å². The molecule has 0 saturated carbocycles. The summed E-state index contributed by atoms with van der Waals surface area (Å²) in [5, 5.41) is 8.95. The van der Waals surface area contributed by atoms with Gasteiger partial charge in [-0.05, 0) is 42.3 Å². The van der Waals surface area contributed by atoms with Gasteiger partial charge in [0.15, 0.2) is 0 Å². The largest absolute Gasteiger partial charge is 0.478 e. The average molecular weight is 289 g/mol. The molecule has 0 radical (unpaired) electrons. The molecule has 0 amide bonds. The summed E-state index contributed by atoms with van der Waals surface area (Å²) in [7, 11) is 0. The van der Waals surface area contributed by atoms with Crippen LogP contribution in [0, 0.1) is 6.92 Å². The van der Waals surface area contributed by atoms with Crippen molar-refractivity contribution in [2.24, 2.45) is 0 Å². The Morgan fingerprint density at radius 3 is 2.14 bits per heavy atom. The minimum Gasteiger partial charge on any atom is -0.478 e. The zero-order valence-corrected chi connectivity index (χ0v) is 12.2. The number of hydrogen-bond acceptors (Lipinski definition) is 2. The van der Waals surface area contributed by atoms with Gasteiger partial charge in [-0.25, -0.2) is 4.79 Å². The Bertz CT molecular complexity index is 806. The smallest absolute Gasteiger partial charge is 0.335 e. The third-order valence-corrected chi connectivity index (χ3v) is 3.57. The lowest BCUT2D eigenvalue weighted by atomic mass is 10.0. The summed E-state index contributed by atoms with van der Waals surface area (Å²) in [5.41, 5.74) is 5.46. The average Bonchev–Trinajstić information content (AvgIpc) is 2.56. The van der Waals surface area contributed by atoms with Crippen LogP contribution in [0.3, 0.4) is 0 Å². The molecule has 0 spiro atoms. The number of carboxylic acid groups (broad SMARTS) is 1. The maximum Gasteiger partial charge on any atom is 0.335 e. The second-order valence-electron chi connectivity index (χ2n) is 5.18. The topological polar surface area (TPSA) is 50.2 Å². The van der Waals surface area contributed by atoms with E-state index in [0.29, 0.717) is 0 Å². The molecule has 1 heterocycles. The van der Waals surface area contributed by atoms with Crippen LogP contribution in [0.1, 0.15) is 15.9 Å². The lowest BCUT2D eigenvalue weighted by molar-refractivity contribution is 0.0697. The third kappa shape index (κ3) is 2.88. The predicted octanol–water partition coefficient (Wildman–Crippen LogP) is 4.42. The van der Waals surface area contributed by atoms with Crippen molar-refractivity contribution >= 4 is 5.97 Å². The zero-order valence-electron chi connectivity index (χ0n) is 12.2. The van der Waals surface area contributed by atoms with E-state index in [4.69, 9.17) is 5.11 Å². The van der Waals surface area contributed by atoms with Crippen molar-refractivity contribution in [3.63, 3.8) is 0 Å². The Hall–Kier alpha value is -2.94. The van der Waals surface area contributed by atoms with Gasteiger partial charge in [-0.1, -0.05) is 42.0 Å². The predicted molar refractivity (Wildman–Crippen MR) is 86.8 cm³/mol. The van der Waals surface area contributed by atoms with Crippen LogP contribution in [0.4, 0.5) is 0 Å². The molecular weight excluding hydrogens is 274 g/mol. The SMILES string of the molecule is Cc1ccc(-c2ccnc(-c3ccc(C(=O)O)cc3)c2)cc1. The van der Waals surface area contributed by atoms with Gasteiger partial charge in [0, 0.05) is 11.8 Å². The number of benzene rings is 2. The van der Waals surface area contributed by atoms with E-state index in [1.165, 1.54) is 5.56 Å². The van der Waals surface area contributed by atoms with Gasteiger partial charge in [-0.3, -0.25) is 4.98 Å². The number of rotatable bonds is 3. The summed E-state index contributed by atoms with van der Waals surface area (Å²) < 4.78 is 0.